The van der Waals surface area contributed by atoms with E-state index < -0.39 is 5.91 Å². The fourth-order valence-electron chi connectivity index (χ4n) is 3.91. The van der Waals surface area contributed by atoms with Crippen molar-refractivity contribution in [2.75, 3.05) is 43.6 Å². The minimum Gasteiger partial charge on any atom is -0.494 e. The van der Waals surface area contributed by atoms with Crippen LogP contribution >= 0.6 is 24.0 Å². The number of benzene rings is 2. The van der Waals surface area contributed by atoms with Crippen LogP contribution in [0.2, 0.25) is 0 Å². The van der Waals surface area contributed by atoms with Crippen LogP contribution in [0.25, 0.3) is 5.57 Å². The van der Waals surface area contributed by atoms with Crippen molar-refractivity contribution < 1.29 is 23.9 Å². The first-order valence-corrected chi connectivity index (χ1v) is 12.4. The number of fused-ring (bicyclic) bond motifs is 1. The van der Waals surface area contributed by atoms with Gasteiger partial charge in [-0.2, -0.15) is 0 Å². The maximum Gasteiger partial charge on any atom is 0.267 e. The minimum absolute atomic E-state index is 0.194. The number of para-hydroxylation sites is 1. The highest BCUT2D eigenvalue weighted by molar-refractivity contribution is 8.26. The highest BCUT2D eigenvalue weighted by atomic mass is 32.2. The van der Waals surface area contributed by atoms with E-state index in [1.807, 2.05) is 6.92 Å². The molecule has 2 aromatic carbocycles. The largest absolute Gasteiger partial charge is 0.494 e. The molecule has 182 valence electrons. The first-order valence-electron chi connectivity index (χ1n) is 11.2. The van der Waals surface area contributed by atoms with Gasteiger partial charge in [0.15, 0.2) is 0 Å². The zero-order valence-corrected chi connectivity index (χ0v) is 21.0. The monoisotopic (exact) mass is 511 g/mol. The molecular weight excluding hydrogens is 486 g/mol. The molecule has 4 rings (SSSR count). The third kappa shape index (κ3) is 5.24. The standard InChI is InChI=1S/C25H25N3O5S2/c1-3-33-17-11-9-16(10-12-17)26-20(29)15-28-19-8-5-4-7-18(19)21(23(28)30)22-24(31)27(25(34)35-22)13-6-14-32-2/h4-5,7-12H,3,6,13-15H2,1-2H3,(H,26,29)/b22-21-. The van der Waals surface area contributed by atoms with Gasteiger partial charge in [0.1, 0.15) is 16.6 Å². The van der Waals surface area contributed by atoms with Crippen molar-refractivity contribution in [1.82, 2.24) is 4.90 Å². The number of anilines is 2. The van der Waals surface area contributed by atoms with E-state index in [1.165, 1.54) is 9.80 Å². The molecule has 8 nitrogen and oxygen atoms in total. The van der Waals surface area contributed by atoms with E-state index in [4.69, 9.17) is 21.7 Å². The average Bonchev–Trinajstić information content (AvgIpc) is 3.28. The zero-order valence-electron chi connectivity index (χ0n) is 19.4. The van der Waals surface area contributed by atoms with Crippen molar-refractivity contribution in [3.8, 4) is 5.75 Å². The summed E-state index contributed by atoms with van der Waals surface area (Å²) in [4.78, 5) is 42.6. The molecule has 0 atom stereocenters. The molecule has 2 heterocycles. The summed E-state index contributed by atoms with van der Waals surface area (Å²) >= 11 is 6.53. The van der Waals surface area contributed by atoms with Crippen molar-refractivity contribution in [2.24, 2.45) is 0 Å². The fraction of sp³-hybridized carbons (Fsp3) is 0.280. The van der Waals surface area contributed by atoms with Crippen molar-refractivity contribution in [3.63, 3.8) is 0 Å². The summed E-state index contributed by atoms with van der Waals surface area (Å²) < 4.78 is 10.9. The van der Waals surface area contributed by atoms with Gasteiger partial charge in [0.2, 0.25) is 5.91 Å². The third-order valence-corrected chi connectivity index (χ3v) is 6.93. The van der Waals surface area contributed by atoms with Crippen molar-refractivity contribution in [1.29, 1.82) is 0 Å². The number of carbonyl (C=O) groups excluding carboxylic acids is 3. The minimum atomic E-state index is -0.398. The number of carbonyl (C=O) groups is 3. The summed E-state index contributed by atoms with van der Waals surface area (Å²) in [5.74, 6) is -0.343. The molecule has 0 aromatic heterocycles. The summed E-state index contributed by atoms with van der Waals surface area (Å²) in [6.45, 7) is 3.17. The van der Waals surface area contributed by atoms with Gasteiger partial charge in [0.05, 0.1) is 22.8 Å². The Kier molecular flexibility index (Phi) is 7.84. The van der Waals surface area contributed by atoms with Crippen molar-refractivity contribution in [3.05, 3.63) is 59.0 Å². The van der Waals surface area contributed by atoms with E-state index in [0.29, 0.717) is 58.1 Å². The van der Waals surface area contributed by atoms with Gasteiger partial charge in [-0.1, -0.05) is 42.2 Å². The quantitative estimate of drug-likeness (QED) is 0.312. The van der Waals surface area contributed by atoms with Gasteiger partial charge in [-0.15, -0.1) is 0 Å². The van der Waals surface area contributed by atoms with Gasteiger partial charge >= 0.3 is 0 Å². The average molecular weight is 512 g/mol. The number of amides is 3. The highest BCUT2D eigenvalue weighted by Crippen LogP contribution is 2.44. The number of ether oxygens (including phenoxy) is 2. The smallest absolute Gasteiger partial charge is 0.267 e. The van der Waals surface area contributed by atoms with Crippen molar-refractivity contribution in [2.45, 2.75) is 13.3 Å². The van der Waals surface area contributed by atoms with Crippen LogP contribution in [-0.4, -0.2) is 60.4 Å². The molecule has 3 amide bonds. The lowest BCUT2D eigenvalue weighted by Gasteiger charge is -2.17. The lowest BCUT2D eigenvalue weighted by Crippen LogP contribution is -2.35. The molecule has 0 unspecified atom stereocenters. The van der Waals surface area contributed by atoms with Gasteiger partial charge in [-0.05, 0) is 43.7 Å². The number of methoxy groups -OCH3 is 1. The molecule has 0 radical (unpaired) electrons. The lowest BCUT2D eigenvalue weighted by atomic mass is 10.1. The van der Waals surface area contributed by atoms with Gasteiger partial charge in [-0.25, -0.2) is 0 Å². The molecule has 2 aliphatic rings. The maximum atomic E-state index is 13.5. The summed E-state index contributed by atoms with van der Waals surface area (Å²) in [5, 5.41) is 2.81. The highest BCUT2D eigenvalue weighted by Gasteiger charge is 2.42. The second-order valence-corrected chi connectivity index (χ2v) is 9.43. The number of thiocarbonyl (C=S) groups is 1. The summed E-state index contributed by atoms with van der Waals surface area (Å²) in [6, 6.07) is 14.2. The van der Waals surface area contributed by atoms with Gasteiger partial charge in [0, 0.05) is 31.5 Å². The fourth-order valence-corrected chi connectivity index (χ4v) is 5.29. The van der Waals surface area contributed by atoms with Crippen LogP contribution in [0.1, 0.15) is 18.9 Å². The Morgan fingerprint density at radius 3 is 2.51 bits per heavy atom. The SMILES string of the molecule is CCOc1ccc(NC(=O)CN2C(=O)/C(=C3\SC(=S)N(CCCOC)C3=O)c3ccccc32)cc1. The molecule has 1 fully saturated rings. The molecule has 0 saturated carbocycles. The first-order chi connectivity index (χ1) is 16.9. The zero-order chi connectivity index (χ0) is 24.9. The Morgan fingerprint density at radius 2 is 1.80 bits per heavy atom. The van der Waals surface area contributed by atoms with E-state index in [-0.39, 0.29) is 23.9 Å². The van der Waals surface area contributed by atoms with Gasteiger partial charge in [-0.3, -0.25) is 24.2 Å². The van der Waals surface area contributed by atoms with E-state index in [9.17, 15) is 14.4 Å². The predicted octanol–water partition coefficient (Wildman–Crippen LogP) is 3.68. The molecule has 0 spiro atoms. The molecule has 10 heteroatoms. The molecule has 0 bridgehead atoms. The Bertz CT molecular complexity index is 1200. The van der Waals surface area contributed by atoms with E-state index in [1.54, 1.807) is 55.6 Å². The second kappa shape index (κ2) is 11.0. The van der Waals surface area contributed by atoms with Crippen LogP contribution in [0.5, 0.6) is 5.75 Å². The van der Waals surface area contributed by atoms with Crippen LogP contribution in [0.4, 0.5) is 11.4 Å². The van der Waals surface area contributed by atoms with Gasteiger partial charge < -0.3 is 14.8 Å². The number of rotatable bonds is 9. The molecule has 2 aliphatic heterocycles. The Labute approximate surface area is 213 Å². The Morgan fingerprint density at radius 1 is 1.06 bits per heavy atom. The normalized spacial score (nSPS) is 17.3. The molecule has 2 aromatic rings. The number of nitrogens with zero attached hydrogens (tertiary/aromatic N) is 2. The lowest BCUT2D eigenvalue weighted by molar-refractivity contribution is -0.122. The van der Waals surface area contributed by atoms with Crippen molar-refractivity contribution >= 4 is 63.0 Å². The van der Waals surface area contributed by atoms with Crippen LogP contribution in [-0.2, 0) is 19.1 Å². The van der Waals surface area contributed by atoms with Crippen LogP contribution in [0.3, 0.4) is 0 Å². The predicted molar refractivity (Wildman–Crippen MR) is 140 cm³/mol. The van der Waals surface area contributed by atoms with Crippen LogP contribution in [0.15, 0.2) is 53.4 Å². The second-order valence-electron chi connectivity index (χ2n) is 7.79. The number of hydrogen-bond acceptors (Lipinski definition) is 7. The molecule has 1 N–H and O–H groups in total. The van der Waals surface area contributed by atoms with E-state index >= 15 is 0 Å². The van der Waals surface area contributed by atoms with E-state index in [2.05, 4.69) is 5.32 Å². The third-order valence-electron chi connectivity index (χ3n) is 5.48. The maximum absolute atomic E-state index is 13.5. The summed E-state index contributed by atoms with van der Waals surface area (Å²) in [7, 11) is 1.60. The molecular formula is C25H25N3O5S2. The summed E-state index contributed by atoms with van der Waals surface area (Å²) in [5.41, 5.74) is 2.07. The van der Waals surface area contributed by atoms with Crippen LogP contribution < -0.4 is 15.0 Å². The molecule has 35 heavy (non-hydrogen) atoms. The molecule has 1 saturated heterocycles. The molecule has 0 aliphatic carbocycles. The number of nitrogens with one attached hydrogen (secondary N) is 1. The Balaban J connectivity index is 1.55. The number of thioether (sulfide) groups is 1. The Hall–Kier alpha value is -3.21. The first kappa shape index (κ1) is 24.9. The van der Waals surface area contributed by atoms with Gasteiger partial charge in [0.25, 0.3) is 11.8 Å². The number of hydrogen-bond donors (Lipinski definition) is 1. The summed E-state index contributed by atoms with van der Waals surface area (Å²) in [6.07, 6.45) is 0.633. The topological polar surface area (TPSA) is 88.2 Å². The van der Waals surface area contributed by atoms with Crippen LogP contribution in [0, 0.1) is 0 Å². The van der Waals surface area contributed by atoms with E-state index in [0.717, 1.165) is 11.8 Å².